The molecule has 7 N–H and O–H groups in total. The van der Waals surface area contributed by atoms with Gasteiger partial charge >= 0.3 is 6.03 Å². The van der Waals surface area contributed by atoms with Crippen molar-refractivity contribution in [2.75, 3.05) is 31.6 Å². The van der Waals surface area contributed by atoms with Crippen molar-refractivity contribution in [3.8, 4) is 5.75 Å². The molecule has 10 heteroatoms. The lowest BCUT2D eigenvalue weighted by molar-refractivity contribution is -0.0831. The van der Waals surface area contributed by atoms with Crippen molar-refractivity contribution in [3.05, 3.63) is 59.2 Å². The predicted octanol–water partition coefficient (Wildman–Crippen LogP) is 3.37. The highest BCUT2D eigenvalue weighted by atomic mass is 19.3. The van der Waals surface area contributed by atoms with E-state index in [0.717, 1.165) is 19.3 Å². The molecule has 0 saturated heterocycles. The number of hydrogen-bond acceptors (Lipinski definition) is 6. The molecule has 2 aromatic carbocycles. The number of primary amides is 1. The monoisotopic (exact) mass is 481 g/mol. The number of hydrogen-bond donors (Lipinski definition) is 6. The summed E-state index contributed by atoms with van der Waals surface area (Å²) in [7, 11) is 0. The van der Waals surface area contributed by atoms with Gasteiger partial charge < -0.3 is 36.4 Å². The summed E-state index contributed by atoms with van der Waals surface area (Å²) in [6.07, 6.45) is 2.47. The van der Waals surface area contributed by atoms with Crippen LogP contribution in [0.5, 0.6) is 5.75 Å². The summed E-state index contributed by atoms with van der Waals surface area (Å²) in [5.74, 6) is -3.19. The number of amides is 2. The third kappa shape index (κ3) is 9.22. The van der Waals surface area contributed by atoms with Gasteiger partial charge in [0, 0.05) is 30.0 Å². The van der Waals surface area contributed by atoms with Crippen molar-refractivity contribution in [1.82, 2.24) is 5.32 Å². The van der Waals surface area contributed by atoms with Crippen LogP contribution in [0.15, 0.2) is 42.5 Å². The smallest absolute Gasteiger partial charge is 0.316 e. The van der Waals surface area contributed by atoms with Crippen LogP contribution in [0.2, 0.25) is 0 Å². The number of unbranched alkanes of at least 4 members (excludes halogenated alkanes) is 3. The summed E-state index contributed by atoms with van der Waals surface area (Å²) in [6.45, 7) is 0.195. The first-order valence-electron chi connectivity index (χ1n) is 11.2. The summed E-state index contributed by atoms with van der Waals surface area (Å²) in [6, 6.07) is 9.13. The molecule has 0 aliphatic heterocycles. The molecule has 1 unspecified atom stereocenters. The van der Waals surface area contributed by atoms with Gasteiger partial charge in [-0.1, -0.05) is 31.0 Å². The first-order chi connectivity index (χ1) is 16.2. The van der Waals surface area contributed by atoms with Crippen LogP contribution < -0.4 is 16.4 Å². The van der Waals surface area contributed by atoms with Gasteiger partial charge in [-0.3, -0.25) is 0 Å². The van der Waals surface area contributed by atoms with Crippen LogP contribution in [0.25, 0.3) is 0 Å². The Hall–Kier alpha value is -2.79. The van der Waals surface area contributed by atoms with E-state index in [9.17, 15) is 28.9 Å². The average molecular weight is 482 g/mol. The molecule has 0 bridgehead atoms. The number of aliphatic hydroxyl groups excluding tert-OH is 2. The first-order valence-corrected chi connectivity index (χ1v) is 11.2. The van der Waals surface area contributed by atoms with E-state index >= 15 is 0 Å². The quantitative estimate of drug-likeness (QED) is 0.216. The number of nitrogens with one attached hydrogen (secondary N) is 2. The molecule has 188 valence electrons. The molecule has 0 radical (unpaired) electrons. The number of aromatic hydroxyl groups is 1. The summed E-state index contributed by atoms with van der Waals surface area (Å²) in [5, 5.41) is 34.4. The fourth-order valence-corrected chi connectivity index (χ4v) is 3.35. The Morgan fingerprint density at radius 3 is 2.62 bits per heavy atom. The zero-order chi connectivity index (χ0) is 25.0. The molecule has 1 atom stereocenters. The number of anilines is 1. The minimum Gasteiger partial charge on any atom is -0.508 e. The second-order valence-corrected chi connectivity index (χ2v) is 8.01. The zero-order valence-electron chi connectivity index (χ0n) is 19.0. The third-order valence-corrected chi connectivity index (χ3v) is 5.22. The van der Waals surface area contributed by atoms with Gasteiger partial charge in [0.2, 0.25) is 0 Å². The maximum atomic E-state index is 14.3. The van der Waals surface area contributed by atoms with E-state index in [1.54, 1.807) is 12.1 Å². The lowest BCUT2D eigenvalue weighted by Crippen LogP contribution is -2.23. The van der Waals surface area contributed by atoms with E-state index in [1.165, 1.54) is 30.3 Å². The number of benzene rings is 2. The lowest BCUT2D eigenvalue weighted by atomic mass is 10.1. The summed E-state index contributed by atoms with van der Waals surface area (Å²) in [4.78, 5) is 10.9. The number of carbonyl (C=O) groups excluding carboxylic acids is 1. The minimum absolute atomic E-state index is 0.00851. The number of carbonyl (C=O) groups is 1. The molecule has 0 spiro atoms. The average Bonchev–Trinajstić information content (AvgIpc) is 2.80. The Bertz CT molecular complexity index is 914. The molecule has 2 aromatic rings. The van der Waals surface area contributed by atoms with E-state index in [1.807, 2.05) is 0 Å². The van der Waals surface area contributed by atoms with Crippen molar-refractivity contribution >= 4 is 11.7 Å². The van der Waals surface area contributed by atoms with Crippen LogP contribution in [0.3, 0.4) is 0 Å². The second kappa shape index (κ2) is 13.8. The Balaban J connectivity index is 1.56. The number of alkyl halides is 2. The highest BCUT2D eigenvalue weighted by Gasteiger charge is 2.32. The van der Waals surface area contributed by atoms with Crippen LogP contribution in [0, 0.1) is 0 Å². The fraction of sp³-hybridized carbons (Fsp3) is 0.458. The molecule has 8 nitrogen and oxygen atoms in total. The normalized spacial score (nSPS) is 12.5. The number of aliphatic hydroxyl groups is 2. The SMILES string of the molecule is NC(=O)Nc1cccc(C(F)(F)COCCCCCCNCC(O)c2ccc(O)c(CO)c2)c1. The molecule has 2 amide bonds. The largest absolute Gasteiger partial charge is 0.508 e. The fourth-order valence-electron chi connectivity index (χ4n) is 3.35. The Kier molecular flexibility index (Phi) is 11.1. The summed E-state index contributed by atoms with van der Waals surface area (Å²) >= 11 is 0. The van der Waals surface area contributed by atoms with Gasteiger partial charge in [0.15, 0.2) is 0 Å². The molecule has 0 aliphatic carbocycles. The van der Waals surface area contributed by atoms with Gasteiger partial charge in [0.25, 0.3) is 5.92 Å². The topological polar surface area (TPSA) is 137 Å². The molecule has 0 aliphatic rings. The first kappa shape index (κ1) is 27.5. The standard InChI is InChI=1S/C24H33F2N3O5/c25-24(26,19-6-5-7-20(13-19)29-23(27)33)16-34-11-4-2-1-3-10-28-14-22(32)17-8-9-21(31)18(12-17)15-30/h5-9,12-13,22,28,30-32H,1-4,10-11,14-16H2,(H3,27,29,33). The van der Waals surface area contributed by atoms with Crippen molar-refractivity contribution in [3.63, 3.8) is 0 Å². The third-order valence-electron chi connectivity index (χ3n) is 5.22. The van der Waals surface area contributed by atoms with E-state index in [0.29, 0.717) is 30.6 Å². The van der Waals surface area contributed by atoms with Crippen molar-refractivity contribution in [2.45, 2.75) is 44.3 Å². The van der Waals surface area contributed by atoms with Crippen molar-refractivity contribution < 1.29 is 33.6 Å². The predicted molar refractivity (Wildman–Crippen MR) is 125 cm³/mol. The van der Waals surface area contributed by atoms with Gasteiger partial charge in [-0.2, -0.15) is 8.78 Å². The number of urea groups is 1. The van der Waals surface area contributed by atoms with E-state index < -0.39 is 24.7 Å². The molecular weight excluding hydrogens is 448 g/mol. The number of rotatable bonds is 15. The number of ether oxygens (including phenoxy) is 1. The number of halogens is 2. The summed E-state index contributed by atoms with van der Waals surface area (Å²) in [5.41, 5.74) is 5.92. The van der Waals surface area contributed by atoms with Gasteiger partial charge in [-0.05, 0) is 49.2 Å². The zero-order valence-corrected chi connectivity index (χ0v) is 19.0. The van der Waals surface area contributed by atoms with Crippen molar-refractivity contribution in [1.29, 1.82) is 0 Å². The maximum Gasteiger partial charge on any atom is 0.316 e. The van der Waals surface area contributed by atoms with Crippen LogP contribution in [0.1, 0.15) is 48.5 Å². The highest BCUT2D eigenvalue weighted by molar-refractivity contribution is 5.87. The molecule has 0 aromatic heterocycles. The summed E-state index contributed by atoms with van der Waals surface area (Å²) < 4.78 is 33.8. The number of phenols is 1. The maximum absolute atomic E-state index is 14.3. The van der Waals surface area contributed by atoms with Crippen LogP contribution in [-0.2, 0) is 17.3 Å². The molecule has 0 saturated carbocycles. The van der Waals surface area contributed by atoms with E-state index in [2.05, 4.69) is 10.6 Å². The lowest BCUT2D eigenvalue weighted by Gasteiger charge is -2.18. The van der Waals surface area contributed by atoms with Crippen LogP contribution >= 0.6 is 0 Å². The highest BCUT2D eigenvalue weighted by Crippen LogP contribution is 2.30. The Morgan fingerprint density at radius 2 is 1.88 bits per heavy atom. The second-order valence-electron chi connectivity index (χ2n) is 8.01. The van der Waals surface area contributed by atoms with E-state index in [4.69, 9.17) is 10.5 Å². The van der Waals surface area contributed by atoms with Crippen molar-refractivity contribution in [2.24, 2.45) is 5.73 Å². The van der Waals surface area contributed by atoms with Gasteiger partial charge in [-0.15, -0.1) is 0 Å². The Labute approximate surface area is 197 Å². The molecule has 0 heterocycles. The van der Waals surface area contributed by atoms with Gasteiger partial charge in [0.05, 0.1) is 12.7 Å². The van der Waals surface area contributed by atoms with Crippen LogP contribution in [0.4, 0.5) is 19.3 Å². The number of nitrogens with two attached hydrogens (primary N) is 1. The molecule has 0 fully saturated rings. The van der Waals surface area contributed by atoms with Gasteiger partial charge in [-0.25, -0.2) is 4.79 Å². The molecular formula is C24H33F2N3O5. The Morgan fingerprint density at radius 1 is 1.12 bits per heavy atom. The van der Waals surface area contributed by atoms with Gasteiger partial charge in [0.1, 0.15) is 12.4 Å². The minimum atomic E-state index is -3.18. The molecule has 2 rings (SSSR count). The van der Waals surface area contributed by atoms with E-state index in [-0.39, 0.29) is 30.2 Å². The molecule has 34 heavy (non-hydrogen) atoms. The van der Waals surface area contributed by atoms with Crippen LogP contribution in [-0.4, -0.2) is 47.7 Å².